The van der Waals surface area contributed by atoms with Gasteiger partial charge in [-0.15, -0.1) is 0 Å². The van der Waals surface area contributed by atoms with Gasteiger partial charge in [0.25, 0.3) is 0 Å². The Morgan fingerprint density at radius 2 is 2.05 bits per heavy atom. The molecule has 1 saturated heterocycles. The average molecular weight is 267 g/mol. The Morgan fingerprint density at radius 1 is 1.10 bits per heavy atom. The molecular weight excluding hydrogens is 246 g/mol. The largest absolute Gasteiger partial charge is 0.468 e. The number of benzene rings is 1. The fourth-order valence-electron chi connectivity index (χ4n) is 4.04. The van der Waals surface area contributed by atoms with Crippen LogP contribution in [0.1, 0.15) is 35.6 Å². The first-order chi connectivity index (χ1) is 9.90. The summed E-state index contributed by atoms with van der Waals surface area (Å²) in [7, 11) is 0. The molecule has 0 radical (unpaired) electrons. The summed E-state index contributed by atoms with van der Waals surface area (Å²) in [5.74, 6) is 2.71. The Bertz CT molecular complexity index is 575. The van der Waals surface area contributed by atoms with Crippen molar-refractivity contribution in [2.75, 3.05) is 13.1 Å². The molecule has 104 valence electrons. The number of furan rings is 1. The molecule has 0 bridgehead atoms. The molecule has 1 aromatic carbocycles. The van der Waals surface area contributed by atoms with Crippen molar-refractivity contribution in [2.45, 2.75) is 31.7 Å². The van der Waals surface area contributed by atoms with Gasteiger partial charge in [0, 0.05) is 6.54 Å². The van der Waals surface area contributed by atoms with Gasteiger partial charge in [0.2, 0.25) is 0 Å². The van der Waals surface area contributed by atoms with Crippen molar-refractivity contribution in [3.63, 3.8) is 0 Å². The fourth-order valence-corrected chi connectivity index (χ4v) is 4.04. The van der Waals surface area contributed by atoms with Gasteiger partial charge in [-0.2, -0.15) is 0 Å². The van der Waals surface area contributed by atoms with E-state index in [0.29, 0.717) is 0 Å². The topological polar surface area (TPSA) is 16.4 Å². The van der Waals surface area contributed by atoms with Crippen molar-refractivity contribution >= 4 is 0 Å². The fraction of sp³-hybridized carbons (Fsp3) is 0.444. The van der Waals surface area contributed by atoms with E-state index in [4.69, 9.17) is 4.42 Å². The third-order valence-corrected chi connectivity index (χ3v) is 5.02. The van der Waals surface area contributed by atoms with Crippen LogP contribution in [0.15, 0.2) is 47.1 Å². The van der Waals surface area contributed by atoms with Crippen LogP contribution in [0.2, 0.25) is 0 Å². The zero-order valence-electron chi connectivity index (χ0n) is 11.8. The predicted molar refractivity (Wildman–Crippen MR) is 79.6 cm³/mol. The molecule has 1 aliphatic carbocycles. The number of likely N-dealkylation sites (tertiary alicyclic amines) is 1. The molecule has 2 atom stereocenters. The van der Waals surface area contributed by atoms with Crippen LogP contribution in [0, 0.1) is 5.92 Å². The van der Waals surface area contributed by atoms with Crippen molar-refractivity contribution in [3.05, 3.63) is 59.5 Å². The second-order valence-corrected chi connectivity index (χ2v) is 6.21. The first-order valence-corrected chi connectivity index (χ1v) is 7.73. The molecule has 0 spiro atoms. The van der Waals surface area contributed by atoms with Gasteiger partial charge in [0.05, 0.1) is 12.8 Å². The summed E-state index contributed by atoms with van der Waals surface area (Å²) in [6.45, 7) is 3.38. The summed E-state index contributed by atoms with van der Waals surface area (Å²) >= 11 is 0. The average Bonchev–Trinajstić information content (AvgIpc) is 3.00. The summed E-state index contributed by atoms with van der Waals surface area (Å²) in [6.07, 6.45) is 5.67. The normalized spacial score (nSPS) is 26.0. The second kappa shape index (κ2) is 5.10. The van der Waals surface area contributed by atoms with Crippen LogP contribution in [0.3, 0.4) is 0 Å². The van der Waals surface area contributed by atoms with Crippen LogP contribution >= 0.6 is 0 Å². The first kappa shape index (κ1) is 12.2. The van der Waals surface area contributed by atoms with Gasteiger partial charge in [-0.05, 0) is 60.9 Å². The van der Waals surface area contributed by atoms with Crippen molar-refractivity contribution in [1.29, 1.82) is 0 Å². The summed E-state index contributed by atoms with van der Waals surface area (Å²) in [4.78, 5) is 2.56. The molecule has 1 aliphatic heterocycles. The Hall–Kier alpha value is -1.54. The third-order valence-electron chi connectivity index (χ3n) is 5.02. The molecule has 20 heavy (non-hydrogen) atoms. The highest BCUT2D eigenvalue weighted by Crippen LogP contribution is 2.41. The number of rotatable bonds is 2. The lowest BCUT2D eigenvalue weighted by Crippen LogP contribution is -2.40. The third kappa shape index (κ3) is 2.18. The second-order valence-electron chi connectivity index (χ2n) is 6.21. The minimum Gasteiger partial charge on any atom is -0.468 e. The van der Waals surface area contributed by atoms with E-state index in [1.807, 2.05) is 6.07 Å². The number of hydrogen-bond acceptors (Lipinski definition) is 2. The van der Waals surface area contributed by atoms with Crippen LogP contribution in [0.25, 0.3) is 0 Å². The van der Waals surface area contributed by atoms with E-state index in [1.165, 1.54) is 32.4 Å². The first-order valence-electron chi connectivity index (χ1n) is 7.73. The Balaban J connectivity index is 1.49. The van der Waals surface area contributed by atoms with Gasteiger partial charge in [-0.3, -0.25) is 4.90 Å². The predicted octanol–water partition coefficient (Wildman–Crippen LogP) is 3.83. The standard InChI is InChI=1S/C18H21NO/c1-2-6-17-14(4-1)7-8-15-12-19(10-9-18(15)17)13-16-5-3-11-20-16/h1-6,11,15,18H,7-10,12-13H2/t15-,18+/m0/s1. The molecular formula is C18H21NO. The van der Waals surface area contributed by atoms with E-state index in [2.05, 4.69) is 35.2 Å². The van der Waals surface area contributed by atoms with Gasteiger partial charge < -0.3 is 4.42 Å². The van der Waals surface area contributed by atoms with E-state index in [1.54, 1.807) is 17.4 Å². The lowest BCUT2D eigenvalue weighted by atomic mass is 9.71. The monoisotopic (exact) mass is 267 g/mol. The maximum absolute atomic E-state index is 5.49. The maximum atomic E-state index is 5.49. The van der Waals surface area contributed by atoms with Gasteiger partial charge in [-0.25, -0.2) is 0 Å². The van der Waals surface area contributed by atoms with Crippen molar-refractivity contribution in [1.82, 2.24) is 4.90 Å². The van der Waals surface area contributed by atoms with Crippen LogP contribution in [0.4, 0.5) is 0 Å². The SMILES string of the molecule is c1coc(CN2CC[C@H]3c4ccccc4CC[C@H]3C2)c1. The molecule has 2 heterocycles. The highest BCUT2D eigenvalue weighted by Gasteiger charge is 2.34. The molecule has 0 N–H and O–H groups in total. The van der Waals surface area contributed by atoms with E-state index in [-0.39, 0.29) is 0 Å². The van der Waals surface area contributed by atoms with Gasteiger partial charge in [0.15, 0.2) is 0 Å². The Kier molecular flexibility index (Phi) is 3.12. The number of piperidine rings is 1. The summed E-state index contributed by atoms with van der Waals surface area (Å²) < 4.78 is 5.49. The van der Waals surface area contributed by atoms with E-state index in [0.717, 1.165) is 24.1 Å². The number of fused-ring (bicyclic) bond motifs is 3. The molecule has 0 amide bonds. The van der Waals surface area contributed by atoms with Gasteiger partial charge in [-0.1, -0.05) is 24.3 Å². The summed E-state index contributed by atoms with van der Waals surface area (Å²) in [6, 6.07) is 13.1. The highest BCUT2D eigenvalue weighted by atomic mass is 16.3. The number of aryl methyl sites for hydroxylation is 1. The summed E-state index contributed by atoms with van der Waals surface area (Å²) in [5.41, 5.74) is 3.22. The van der Waals surface area contributed by atoms with E-state index < -0.39 is 0 Å². The zero-order valence-corrected chi connectivity index (χ0v) is 11.8. The van der Waals surface area contributed by atoms with Crippen LogP contribution in [-0.4, -0.2) is 18.0 Å². The molecule has 2 nitrogen and oxygen atoms in total. The van der Waals surface area contributed by atoms with E-state index in [9.17, 15) is 0 Å². The molecule has 2 aromatic rings. The number of nitrogens with zero attached hydrogens (tertiary/aromatic N) is 1. The molecule has 1 fully saturated rings. The lowest BCUT2D eigenvalue weighted by Gasteiger charge is -2.42. The van der Waals surface area contributed by atoms with Crippen LogP contribution in [0.5, 0.6) is 0 Å². The van der Waals surface area contributed by atoms with Crippen LogP contribution < -0.4 is 0 Å². The van der Waals surface area contributed by atoms with Crippen LogP contribution in [-0.2, 0) is 13.0 Å². The quantitative estimate of drug-likeness (QED) is 0.822. The summed E-state index contributed by atoms with van der Waals surface area (Å²) in [5, 5.41) is 0. The molecule has 4 rings (SSSR count). The maximum Gasteiger partial charge on any atom is 0.117 e. The molecule has 1 aromatic heterocycles. The van der Waals surface area contributed by atoms with Crippen molar-refractivity contribution in [2.24, 2.45) is 5.92 Å². The zero-order chi connectivity index (χ0) is 13.4. The van der Waals surface area contributed by atoms with Crippen molar-refractivity contribution in [3.8, 4) is 0 Å². The molecule has 2 heteroatoms. The van der Waals surface area contributed by atoms with Gasteiger partial charge in [0.1, 0.15) is 5.76 Å². The lowest BCUT2D eigenvalue weighted by molar-refractivity contribution is 0.127. The minimum atomic E-state index is 0.785. The molecule has 2 aliphatic rings. The Labute approximate surface area is 120 Å². The highest BCUT2D eigenvalue weighted by molar-refractivity contribution is 5.34. The van der Waals surface area contributed by atoms with Crippen molar-refractivity contribution < 1.29 is 4.42 Å². The molecule has 0 saturated carbocycles. The van der Waals surface area contributed by atoms with Gasteiger partial charge >= 0.3 is 0 Å². The Morgan fingerprint density at radius 3 is 2.95 bits per heavy atom. The van der Waals surface area contributed by atoms with E-state index >= 15 is 0 Å². The minimum absolute atomic E-state index is 0.785. The smallest absolute Gasteiger partial charge is 0.117 e. The number of hydrogen-bond donors (Lipinski definition) is 0. The molecule has 0 unspecified atom stereocenters.